The first-order chi connectivity index (χ1) is 15.4. The summed E-state index contributed by atoms with van der Waals surface area (Å²) in [6.07, 6.45) is 9.10. The van der Waals surface area contributed by atoms with Crippen molar-refractivity contribution in [3.05, 3.63) is 35.6 Å². The zero-order valence-corrected chi connectivity index (χ0v) is 20.9. The minimum Gasteiger partial charge on any atom is -0.467 e. The van der Waals surface area contributed by atoms with E-state index in [-0.39, 0.29) is 23.9 Å². The Kier molecular flexibility index (Phi) is 8.62. The fourth-order valence-corrected chi connectivity index (χ4v) is 6.73. The summed E-state index contributed by atoms with van der Waals surface area (Å²) in [6, 6.07) is 7.25. The van der Waals surface area contributed by atoms with Gasteiger partial charge >= 0.3 is 5.97 Å². The van der Waals surface area contributed by atoms with Crippen LogP contribution in [0.15, 0.2) is 29.3 Å². The SMILES string of the molecule is CCCN1C=NC(CSC)(C(=O)OC)C1C1CCC(C(c2cccc(F)c2)N(C)C)CC1. The lowest BCUT2D eigenvalue weighted by Gasteiger charge is -2.44. The van der Waals surface area contributed by atoms with Crippen molar-refractivity contribution in [1.29, 1.82) is 0 Å². The third-order valence-electron chi connectivity index (χ3n) is 7.12. The average molecular weight is 464 g/mol. The molecule has 0 amide bonds. The van der Waals surface area contributed by atoms with Gasteiger partial charge in [0.25, 0.3) is 0 Å². The molecule has 1 aliphatic carbocycles. The second-order valence-electron chi connectivity index (χ2n) is 9.41. The summed E-state index contributed by atoms with van der Waals surface area (Å²) < 4.78 is 19.2. The number of hydrogen-bond donors (Lipinski definition) is 0. The number of ether oxygens (including phenoxy) is 1. The molecular weight excluding hydrogens is 425 g/mol. The topological polar surface area (TPSA) is 45.1 Å². The number of aliphatic imine (C=N–C) groups is 1. The maximum atomic E-state index is 13.9. The Balaban J connectivity index is 1.81. The lowest BCUT2D eigenvalue weighted by atomic mass is 9.70. The van der Waals surface area contributed by atoms with E-state index in [2.05, 4.69) is 30.8 Å². The number of nitrogens with zero attached hydrogens (tertiary/aromatic N) is 3. The van der Waals surface area contributed by atoms with Crippen molar-refractivity contribution >= 4 is 24.1 Å². The standard InChI is InChI=1S/C25H38FN3O2S/c1-6-14-29-17-27-25(16-32-5,24(30)31-4)23(29)19-12-10-18(11-13-19)22(28(2)3)20-8-7-9-21(26)15-20/h7-9,15,17-19,22-23H,6,10-14,16H2,1-5H3. The van der Waals surface area contributed by atoms with E-state index < -0.39 is 5.54 Å². The fourth-order valence-electron chi connectivity index (χ4n) is 5.93. The van der Waals surface area contributed by atoms with Crippen LogP contribution in [0.5, 0.6) is 0 Å². The van der Waals surface area contributed by atoms with Crippen LogP contribution in [0.25, 0.3) is 0 Å². The van der Waals surface area contributed by atoms with Crippen LogP contribution in [0, 0.1) is 17.7 Å². The monoisotopic (exact) mass is 463 g/mol. The number of hydrogen-bond acceptors (Lipinski definition) is 6. The zero-order valence-electron chi connectivity index (χ0n) is 20.1. The minimum atomic E-state index is -0.829. The summed E-state index contributed by atoms with van der Waals surface area (Å²) in [5.41, 5.74) is 0.214. The van der Waals surface area contributed by atoms with Gasteiger partial charge in [-0.1, -0.05) is 19.1 Å². The van der Waals surface area contributed by atoms with Crippen LogP contribution in [-0.4, -0.2) is 73.4 Å². The lowest BCUT2D eigenvalue weighted by Crippen LogP contribution is -2.57. The Labute approximate surface area is 196 Å². The van der Waals surface area contributed by atoms with E-state index in [9.17, 15) is 9.18 Å². The van der Waals surface area contributed by atoms with Gasteiger partial charge < -0.3 is 14.5 Å². The van der Waals surface area contributed by atoms with Crippen LogP contribution in [-0.2, 0) is 9.53 Å². The molecule has 1 aromatic rings. The van der Waals surface area contributed by atoms with Gasteiger partial charge in [0.05, 0.1) is 19.5 Å². The molecule has 178 valence electrons. The van der Waals surface area contributed by atoms with Crippen molar-refractivity contribution in [2.45, 2.75) is 56.7 Å². The summed E-state index contributed by atoms with van der Waals surface area (Å²) in [7, 11) is 5.63. The Morgan fingerprint density at radius 3 is 2.62 bits per heavy atom. The van der Waals surface area contributed by atoms with Crippen molar-refractivity contribution in [3.63, 3.8) is 0 Å². The summed E-state index contributed by atoms with van der Waals surface area (Å²) in [6.45, 7) is 3.06. The zero-order chi connectivity index (χ0) is 23.3. The van der Waals surface area contributed by atoms with Crippen molar-refractivity contribution in [1.82, 2.24) is 9.80 Å². The first-order valence-electron chi connectivity index (χ1n) is 11.7. The summed E-state index contributed by atoms with van der Waals surface area (Å²) >= 11 is 1.65. The molecule has 0 aromatic heterocycles. The molecule has 1 heterocycles. The number of thioether (sulfide) groups is 1. The molecule has 3 rings (SSSR count). The van der Waals surface area contributed by atoms with Crippen molar-refractivity contribution in [2.75, 3.05) is 39.8 Å². The molecule has 0 bridgehead atoms. The van der Waals surface area contributed by atoms with E-state index in [0.29, 0.717) is 17.6 Å². The molecule has 1 fully saturated rings. The highest BCUT2D eigenvalue weighted by atomic mass is 32.2. The van der Waals surface area contributed by atoms with Crippen molar-refractivity contribution < 1.29 is 13.9 Å². The fraction of sp³-hybridized carbons (Fsp3) is 0.680. The smallest absolute Gasteiger partial charge is 0.336 e. The first-order valence-corrected chi connectivity index (χ1v) is 13.1. The van der Waals surface area contributed by atoms with Gasteiger partial charge in [0.2, 0.25) is 0 Å². The number of benzene rings is 1. The molecule has 32 heavy (non-hydrogen) atoms. The van der Waals surface area contributed by atoms with Crippen LogP contribution < -0.4 is 0 Å². The number of rotatable bonds is 9. The predicted molar refractivity (Wildman–Crippen MR) is 131 cm³/mol. The molecule has 3 atom stereocenters. The number of methoxy groups -OCH3 is 1. The van der Waals surface area contributed by atoms with Gasteiger partial charge in [0.1, 0.15) is 5.82 Å². The molecule has 1 aromatic carbocycles. The molecule has 0 saturated heterocycles. The molecule has 5 nitrogen and oxygen atoms in total. The molecule has 0 N–H and O–H groups in total. The predicted octanol–water partition coefficient (Wildman–Crippen LogP) is 4.63. The van der Waals surface area contributed by atoms with Gasteiger partial charge in [0.15, 0.2) is 5.54 Å². The van der Waals surface area contributed by atoms with Crippen LogP contribution in [0.2, 0.25) is 0 Å². The molecule has 0 radical (unpaired) electrons. The molecule has 0 spiro atoms. The van der Waals surface area contributed by atoms with Crippen molar-refractivity contribution in [2.24, 2.45) is 16.8 Å². The van der Waals surface area contributed by atoms with Gasteiger partial charge in [-0.15, -0.1) is 0 Å². The quantitative estimate of drug-likeness (QED) is 0.500. The third kappa shape index (κ3) is 4.98. The Morgan fingerprint density at radius 1 is 1.34 bits per heavy atom. The highest BCUT2D eigenvalue weighted by Crippen LogP contribution is 2.45. The molecule has 1 aliphatic heterocycles. The lowest BCUT2D eigenvalue weighted by molar-refractivity contribution is -0.148. The van der Waals surface area contributed by atoms with Gasteiger partial charge in [-0.2, -0.15) is 11.8 Å². The summed E-state index contributed by atoms with van der Waals surface area (Å²) in [5.74, 6) is 1.06. The maximum Gasteiger partial charge on any atom is 0.336 e. The second-order valence-corrected chi connectivity index (χ2v) is 10.3. The van der Waals surface area contributed by atoms with Gasteiger partial charge in [0, 0.05) is 18.3 Å². The van der Waals surface area contributed by atoms with Crippen LogP contribution in [0.3, 0.4) is 0 Å². The number of carbonyl (C=O) groups excluding carboxylic acids is 1. The van der Waals surface area contributed by atoms with E-state index >= 15 is 0 Å². The minimum absolute atomic E-state index is 0.0373. The number of halogens is 1. The Bertz CT molecular complexity index is 797. The molecular formula is C25H38FN3O2S. The Hall–Kier alpha value is -1.60. The van der Waals surface area contributed by atoms with E-state index in [1.807, 2.05) is 18.7 Å². The molecule has 1 saturated carbocycles. The largest absolute Gasteiger partial charge is 0.467 e. The van der Waals surface area contributed by atoms with E-state index in [1.54, 1.807) is 23.9 Å². The molecule has 7 heteroatoms. The normalized spacial score (nSPS) is 28.8. The second kappa shape index (κ2) is 11.0. The highest BCUT2D eigenvalue weighted by Gasteiger charge is 2.55. The maximum absolute atomic E-state index is 13.9. The molecule has 3 unspecified atom stereocenters. The summed E-state index contributed by atoms with van der Waals surface area (Å²) in [4.78, 5) is 22.3. The average Bonchev–Trinajstić information content (AvgIpc) is 3.13. The number of esters is 1. The number of carbonyl (C=O) groups is 1. The van der Waals surface area contributed by atoms with E-state index in [1.165, 1.54) is 13.2 Å². The van der Waals surface area contributed by atoms with Gasteiger partial charge in [-0.3, -0.25) is 4.99 Å². The highest BCUT2D eigenvalue weighted by molar-refractivity contribution is 7.98. The van der Waals surface area contributed by atoms with Gasteiger partial charge in [-0.25, -0.2) is 9.18 Å². The Morgan fingerprint density at radius 2 is 2.06 bits per heavy atom. The third-order valence-corrected chi connectivity index (χ3v) is 7.85. The van der Waals surface area contributed by atoms with Crippen LogP contribution in [0.1, 0.15) is 50.6 Å². The summed E-state index contributed by atoms with van der Waals surface area (Å²) in [5, 5.41) is 0. The van der Waals surface area contributed by atoms with Crippen LogP contribution >= 0.6 is 11.8 Å². The van der Waals surface area contributed by atoms with E-state index in [4.69, 9.17) is 9.73 Å². The van der Waals surface area contributed by atoms with Crippen molar-refractivity contribution in [3.8, 4) is 0 Å². The first kappa shape index (κ1) is 25.0. The van der Waals surface area contributed by atoms with E-state index in [0.717, 1.165) is 44.2 Å². The van der Waals surface area contributed by atoms with Gasteiger partial charge in [-0.05, 0) is 82.0 Å². The van der Waals surface area contributed by atoms with Crippen LogP contribution in [0.4, 0.5) is 4.39 Å². The molecule has 2 aliphatic rings.